The van der Waals surface area contributed by atoms with Gasteiger partial charge < -0.3 is 14.8 Å². The molecule has 31 heavy (non-hydrogen) atoms. The van der Waals surface area contributed by atoms with Crippen LogP contribution in [0.4, 0.5) is 5.82 Å². The number of aryl methyl sites for hydroxylation is 2. The molecule has 0 unspecified atom stereocenters. The number of benzene rings is 2. The predicted octanol–water partition coefficient (Wildman–Crippen LogP) is 4.59. The Hall–Kier alpha value is -3.39. The van der Waals surface area contributed by atoms with Gasteiger partial charge in [0.25, 0.3) is 0 Å². The fourth-order valence-electron chi connectivity index (χ4n) is 4.17. The number of thiazole rings is 1. The maximum Gasteiger partial charge on any atom is 0.226 e. The highest BCUT2D eigenvalue weighted by molar-refractivity contribution is 7.20. The van der Waals surface area contributed by atoms with Crippen molar-refractivity contribution < 1.29 is 14.3 Å². The van der Waals surface area contributed by atoms with Crippen LogP contribution < -0.4 is 14.8 Å². The van der Waals surface area contributed by atoms with Crippen LogP contribution in [0.25, 0.3) is 15.3 Å². The number of amides is 1. The smallest absolute Gasteiger partial charge is 0.226 e. The van der Waals surface area contributed by atoms with Crippen molar-refractivity contribution in [1.29, 1.82) is 0 Å². The van der Waals surface area contributed by atoms with Crippen LogP contribution in [0, 0.1) is 13.8 Å². The van der Waals surface area contributed by atoms with Gasteiger partial charge in [0.15, 0.2) is 0 Å². The fourth-order valence-corrected chi connectivity index (χ4v) is 5.19. The molecule has 3 heterocycles. The first kappa shape index (κ1) is 19.6. The van der Waals surface area contributed by atoms with Crippen molar-refractivity contribution in [3.63, 3.8) is 0 Å². The van der Waals surface area contributed by atoms with Gasteiger partial charge in [-0.3, -0.25) is 4.79 Å². The Bertz CT molecular complexity index is 1320. The number of carbonyl (C=O) groups excluding carboxylic acids is 1. The summed E-state index contributed by atoms with van der Waals surface area (Å²) in [6, 6.07) is 11.9. The molecule has 158 valence electrons. The van der Waals surface area contributed by atoms with E-state index in [1.54, 1.807) is 30.2 Å². The molecule has 1 aliphatic heterocycles. The van der Waals surface area contributed by atoms with Gasteiger partial charge in [0.1, 0.15) is 17.3 Å². The van der Waals surface area contributed by atoms with Crippen LogP contribution in [0.5, 0.6) is 11.5 Å². The largest absolute Gasteiger partial charge is 0.497 e. The number of ether oxygens (including phenoxy) is 2. The van der Waals surface area contributed by atoms with E-state index in [2.05, 4.69) is 18.3 Å². The summed E-state index contributed by atoms with van der Waals surface area (Å²) in [6.45, 7) is 4.03. The third kappa shape index (κ3) is 3.23. The molecule has 2 aromatic heterocycles. The van der Waals surface area contributed by atoms with Crippen LogP contribution >= 0.6 is 11.3 Å². The second-order valence-corrected chi connectivity index (χ2v) is 8.65. The first-order valence-corrected chi connectivity index (χ1v) is 10.8. The molecule has 1 aliphatic rings. The average Bonchev–Trinajstić information content (AvgIpc) is 3.33. The molecule has 0 saturated heterocycles. The molecule has 8 heteroatoms. The number of aromatic nitrogens is 3. The quantitative estimate of drug-likeness (QED) is 0.508. The number of anilines is 1. The van der Waals surface area contributed by atoms with Crippen LogP contribution in [0.2, 0.25) is 0 Å². The van der Waals surface area contributed by atoms with E-state index >= 15 is 0 Å². The SMILES string of the molecule is COc1ccc([C@@H]2CC(=O)Nc3c2c(C)nn3-c2nc3ccc(C)cc3s2)c(OC)c1. The topological polar surface area (TPSA) is 78.3 Å². The van der Waals surface area contributed by atoms with Crippen LogP contribution in [0.1, 0.15) is 34.7 Å². The Balaban J connectivity index is 1.66. The average molecular weight is 435 g/mol. The zero-order valence-corrected chi connectivity index (χ0v) is 18.5. The number of methoxy groups -OCH3 is 2. The monoisotopic (exact) mass is 434 g/mol. The lowest BCUT2D eigenvalue weighted by atomic mass is 9.85. The van der Waals surface area contributed by atoms with Crippen molar-refractivity contribution in [2.75, 3.05) is 19.5 Å². The number of hydrogen-bond acceptors (Lipinski definition) is 6. The number of fused-ring (bicyclic) bond motifs is 2. The summed E-state index contributed by atoms with van der Waals surface area (Å²) in [5.74, 6) is 1.83. The lowest BCUT2D eigenvalue weighted by Gasteiger charge is -2.25. The second kappa shape index (κ2) is 7.39. The lowest BCUT2D eigenvalue weighted by molar-refractivity contribution is -0.116. The highest BCUT2D eigenvalue weighted by atomic mass is 32.1. The van der Waals surface area contributed by atoms with Gasteiger partial charge in [0.05, 0.1) is 30.1 Å². The number of carbonyl (C=O) groups is 1. The van der Waals surface area contributed by atoms with E-state index in [4.69, 9.17) is 19.6 Å². The minimum atomic E-state index is -0.171. The maximum absolute atomic E-state index is 12.7. The van der Waals surface area contributed by atoms with Gasteiger partial charge in [-0.25, -0.2) is 4.98 Å². The van der Waals surface area contributed by atoms with Gasteiger partial charge in [0, 0.05) is 29.5 Å². The van der Waals surface area contributed by atoms with Gasteiger partial charge in [-0.05, 0) is 37.6 Å². The van der Waals surface area contributed by atoms with Crippen LogP contribution in [0.3, 0.4) is 0 Å². The first-order chi connectivity index (χ1) is 15.0. The maximum atomic E-state index is 12.7. The second-order valence-electron chi connectivity index (χ2n) is 7.64. The van der Waals surface area contributed by atoms with Crippen molar-refractivity contribution in [3.05, 3.63) is 58.8 Å². The summed E-state index contributed by atoms with van der Waals surface area (Å²) < 4.78 is 13.8. The van der Waals surface area contributed by atoms with Crippen LogP contribution in [-0.2, 0) is 4.79 Å². The Labute approximate surface area is 183 Å². The molecular formula is C23H22N4O3S. The van der Waals surface area contributed by atoms with E-state index in [9.17, 15) is 4.79 Å². The number of hydrogen-bond donors (Lipinski definition) is 1. The zero-order valence-electron chi connectivity index (χ0n) is 17.7. The summed E-state index contributed by atoms with van der Waals surface area (Å²) in [4.78, 5) is 17.5. The minimum absolute atomic E-state index is 0.0616. The minimum Gasteiger partial charge on any atom is -0.497 e. The van der Waals surface area contributed by atoms with Crippen molar-refractivity contribution in [2.24, 2.45) is 0 Å². The summed E-state index contributed by atoms with van der Waals surface area (Å²) in [7, 11) is 3.25. The van der Waals surface area contributed by atoms with E-state index in [-0.39, 0.29) is 11.8 Å². The van der Waals surface area contributed by atoms with E-state index in [0.717, 1.165) is 32.2 Å². The van der Waals surface area contributed by atoms with Gasteiger partial charge in [-0.1, -0.05) is 23.5 Å². The first-order valence-electron chi connectivity index (χ1n) is 9.97. The van der Waals surface area contributed by atoms with Crippen molar-refractivity contribution >= 4 is 33.3 Å². The molecule has 0 radical (unpaired) electrons. The molecule has 1 atom stereocenters. The summed E-state index contributed by atoms with van der Waals surface area (Å²) in [5, 5.41) is 8.52. The highest BCUT2D eigenvalue weighted by Crippen LogP contribution is 2.44. The molecule has 4 aromatic rings. The Kier molecular flexibility index (Phi) is 4.66. The Morgan fingerprint density at radius 2 is 1.97 bits per heavy atom. The number of nitrogens with one attached hydrogen (secondary N) is 1. The van der Waals surface area contributed by atoms with E-state index in [1.807, 2.05) is 37.3 Å². The highest BCUT2D eigenvalue weighted by Gasteiger charge is 2.34. The third-order valence-corrected chi connectivity index (χ3v) is 6.63. The number of nitrogens with zero attached hydrogens (tertiary/aromatic N) is 3. The van der Waals surface area contributed by atoms with Crippen molar-refractivity contribution in [2.45, 2.75) is 26.2 Å². The molecule has 0 bridgehead atoms. The van der Waals surface area contributed by atoms with E-state index < -0.39 is 0 Å². The standard InChI is InChI=1S/C23H22N4O3S/c1-12-5-8-17-19(9-12)31-23(24-17)27-22-21(13(2)26-27)16(11-20(28)25-22)15-7-6-14(29-3)10-18(15)30-4/h5-10,16H,11H2,1-4H3,(H,25,28)/t16-/m0/s1. The van der Waals surface area contributed by atoms with Crippen LogP contribution in [-0.4, -0.2) is 34.9 Å². The zero-order chi connectivity index (χ0) is 21.7. The molecule has 5 rings (SSSR count). The normalized spacial score (nSPS) is 15.6. The Morgan fingerprint density at radius 1 is 1.13 bits per heavy atom. The molecule has 7 nitrogen and oxygen atoms in total. The fraction of sp³-hybridized carbons (Fsp3) is 0.261. The van der Waals surface area contributed by atoms with Crippen molar-refractivity contribution in [3.8, 4) is 16.6 Å². The van der Waals surface area contributed by atoms with E-state index in [0.29, 0.717) is 23.7 Å². The lowest BCUT2D eigenvalue weighted by Crippen LogP contribution is -2.25. The molecule has 0 saturated carbocycles. The molecule has 1 amide bonds. The van der Waals surface area contributed by atoms with Gasteiger partial charge in [-0.15, -0.1) is 0 Å². The molecule has 1 N–H and O–H groups in total. The molecule has 0 spiro atoms. The van der Waals surface area contributed by atoms with Crippen LogP contribution in [0.15, 0.2) is 36.4 Å². The third-order valence-electron chi connectivity index (χ3n) is 5.63. The molecule has 0 aliphatic carbocycles. The van der Waals surface area contributed by atoms with Gasteiger partial charge in [-0.2, -0.15) is 9.78 Å². The van der Waals surface area contributed by atoms with Gasteiger partial charge in [0.2, 0.25) is 11.0 Å². The molecule has 0 fully saturated rings. The molecular weight excluding hydrogens is 412 g/mol. The predicted molar refractivity (Wildman–Crippen MR) is 121 cm³/mol. The van der Waals surface area contributed by atoms with E-state index in [1.165, 1.54) is 5.56 Å². The summed E-state index contributed by atoms with van der Waals surface area (Å²) >= 11 is 1.56. The summed E-state index contributed by atoms with van der Waals surface area (Å²) in [6.07, 6.45) is 0.321. The van der Waals surface area contributed by atoms with Crippen molar-refractivity contribution in [1.82, 2.24) is 14.8 Å². The summed E-state index contributed by atoms with van der Waals surface area (Å²) in [5.41, 5.74) is 4.87. The Morgan fingerprint density at radius 3 is 2.74 bits per heavy atom. The number of rotatable bonds is 4. The van der Waals surface area contributed by atoms with Gasteiger partial charge >= 0.3 is 0 Å². The molecule has 2 aromatic carbocycles.